The smallest absolute Gasteiger partial charge is 1.00 e. The van der Waals surface area contributed by atoms with Gasteiger partial charge in [-0.15, -0.1) is 0 Å². The molecule has 0 amide bonds. The minimum absolute atomic E-state index is 0. The van der Waals surface area contributed by atoms with E-state index < -0.39 is 0 Å². The zero-order chi connectivity index (χ0) is 9.64. The molecule has 0 aromatic heterocycles. The van der Waals surface area contributed by atoms with E-state index in [0.717, 1.165) is 5.92 Å². The van der Waals surface area contributed by atoms with Crippen molar-refractivity contribution in [3.05, 3.63) is 35.9 Å². The molecule has 0 unspecified atom stereocenters. The van der Waals surface area contributed by atoms with Gasteiger partial charge in [0.25, 0.3) is 0 Å². The number of halogens is 2. The predicted octanol–water partition coefficient (Wildman–Crippen LogP) is -1.86. The molecule has 2 rings (SSSR count). The first kappa shape index (κ1) is 20.3. The van der Waals surface area contributed by atoms with Crippen molar-refractivity contribution in [1.82, 2.24) is 0 Å². The Hall–Kier alpha value is 0.946. The summed E-state index contributed by atoms with van der Waals surface area (Å²) < 4.78 is 0. The Morgan fingerprint density at radius 2 is 1.18 bits per heavy atom. The second kappa shape index (κ2) is 12.0. The maximum atomic E-state index is 2.30. The SMILES string of the molecule is [Br-].[Br-].[Mg+2].c1ccc(C2CCCCCCC2)cc1. The molecule has 0 aliphatic heterocycles. The average Bonchev–Trinajstić information content (AvgIpc) is 2.18. The molecule has 0 radical (unpaired) electrons. The van der Waals surface area contributed by atoms with Gasteiger partial charge >= 0.3 is 23.1 Å². The number of rotatable bonds is 1. The predicted molar refractivity (Wildman–Crippen MR) is 67.3 cm³/mol. The molecule has 0 bridgehead atoms. The summed E-state index contributed by atoms with van der Waals surface area (Å²) in [5.41, 5.74) is 1.56. The largest absolute Gasteiger partial charge is 2.00 e. The van der Waals surface area contributed by atoms with Gasteiger partial charge in [-0.2, -0.15) is 0 Å². The molecule has 17 heavy (non-hydrogen) atoms. The van der Waals surface area contributed by atoms with Gasteiger partial charge in [-0.05, 0) is 24.3 Å². The number of benzene rings is 1. The van der Waals surface area contributed by atoms with Gasteiger partial charge in [0.05, 0.1) is 0 Å². The summed E-state index contributed by atoms with van der Waals surface area (Å²) in [7, 11) is 0. The molecule has 0 spiro atoms. The molecular formula is C14H20Br2Mg. The van der Waals surface area contributed by atoms with E-state index in [9.17, 15) is 0 Å². The maximum absolute atomic E-state index is 2.30. The van der Waals surface area contributed by atoms with Crippen LogP contribution in [0.1, 0.15) is 56.4 Å². The summed E-state index contributed by atoms with van der Waals surface area (Å²) in [5, 5.41) is 0. The van der Waals surface area contributed by atoms with Crippen molar-refractivity contribution in [1.29, 1.82) is 0 Å². The molecule has 0 N–H and O–H groups in total. The molecule has 0 nitrogen and oxygen atoms in total. The van der Waals surface area contributed by atoms with Crippen molar-refractivity contribution in [2.24, 2.45) is 0 Å². The monoisotopic (exact) mass is 370 g/mol. The fourth-order valence-corrected chi connectivity index (χ4v) is 2.51. The molecule has 0 atom stereocenters. The molecule has 1 fully saturated rings. The van der Waals surface area contributed by atoms with Crippen LogP contribution < -0.4 is 34.0 Å². The topological polar surface area (TPSA) is 0 Å². The minimum atomic E-state index is 0. The Balaban J connectivity index is 0. The normalized spacial score (nSPS) is 16.5. The number of hydrogen-bond acceptors (Lipinski definition) is 0. The van der Waals surface area contributed by atoms with Gasteiger partial charge in [0.2, 0.25) is 0 Å². The summed E-state index contributed by atoms with van der Waals surface area (Å²) in [6.07, 6.45) is 10.0. The fraction of sp³-hybridized carbons (Fsp3) is 0.571. The van der Waals surface area contributed by atoms with Crippen molar-refractivity contribution in [3.8, 4) is 0 Å². The number of hydrogen-bond donors (Lipinski definition) is 0. The molecule has 1 aliphatic rings. The Labute approximate surface area is 143 Å². The molecule has 0 saturated heterocycles. The third-order valence-corrected chi connectivity index (χ3v) is 3.38. The van der Waals surface area contributed by atoms with Crippen molar-refractivity contribution < 1.29 is 34.0 Å². The first-order chi connectivity index (χ1) is 6.97. The van der Waals surface area contributed by atoms with E-state index in [1.54, 1.807) is 5.56 Å². The molecule has 92 valence electrons. The molecule has 1 aliphatic carbocycles. The van der Waals surface area contributed by atoms with Gasteiger partial charge in [0.1, 0.15) is 0 Å². The zero-order valence-electron chi connectivity index (χ0n) is 10.4. The summed E-state index contributed by atoms with van der Waals surface area (Å²) in [6, 6.07) is 11.1. The van der Waals surface area contributed by atoms with Crippen molar-refractivity contribution in [2.75, 3.05) is 0 Å². The average molecular weight is 372 g/mol. The van der Waals surface area contributed by atoms with Gasteiger partial charge in [0, 0.05) is 0 Å². The standard InChI is InChI=1S/C14H20.2BrH.Mg/c1-2-5-9-13(10-6-3-1)14-11-7-4-8-12-14;;;/h4,7-8,11-13H,1-3,5-6,9-10H2;2*1H;/q;;;+2/p-2. The van der Waals surface area contributed by atoms with Crippen LogP contribution in [0.25, 0.3) is 0 Å². The molecule has 0 heterocycles. The summed E-state index contributed by atoms with van der Waals surface area (Å²) >= 11 is 0. The van der Waals surface area contributed by atoms with E-state index >= 15 is 0 Å². The van der Waals surface area contributed by atoms with E-state index in [1.807, 2.05) is 0 Å². The second-order valence-corrected chi connectivity index (χ2v) is 4.45. The van der Waals surface area contributed by atoms with Crippen LogP contribution in [0.2, 0.25) is 0 Å². The van der Waals surface area contributed by atoms with E-state index in [-0.39, 0.29) is 57.0 Å². The third kappa shape index (κ3) is 7.19. The Bertz CT molecular complexity index is 256. The van der Waals surface area contributed by atoms with Gasteiger partial charge in [-0.25, -0.2) is 0 Å². The third-order valence-electron chi connectivity index (χ3n) is 3.38. The van der Waals surface area contributed by atoms with E-state index in [2.05, 4.69) is 30.3 Å². The zero-order valence-corrected chi connectivity index (χ0v) is 15.0. The van der Waals surface area contributed by atoms with Gasteiger partial charge in [0.15, 0.2) is 0 Å². The maximum Gasteiger partial charge on any atom is 2.00 e. The fourth-order valence-electron chi connectivity index (χ4n) is 2.51. The van der Waals surface area contributed by atoms with Crippen LogP contribution in [0, 0.1) is 0 Å². The Kier molecular flexibility index (Phi) is 14.3. The summed E-state index contributed by atoms with van der Waals surface area (Å²) in [6.45, 7) is 0. The molecule has 1 saturated carbocycles. The van der Waals surface area contributed by atoms with Crippen LogP contribution in [-0.2, 0) is 0 Å². The quantitative estimate of drug-likeness (QED) is 0.508. The van der Waals surface area contributed by atoms with E-state index in [4.69, 9.17) is 0 Å². The Morgan fingerprint density at radius 3 is 1.71 bits per heavy atom. The van der Waals surface area contributed by atoms with Gasteiger partial charge in [-0.1, -0.05) is 62.4 Å². The van der Waals surface area contributed by atoms with Crippen LogP contribution in [-0.4, -0.2) is 23.1 Å². The second-order valence-electron chi connectivity index (χ2n) is 4.45. The van der Waals surface area contributed by atoms with Gasteiger partial charge in [-0.3, -0.25) is 0 Å². The molecule has 3 heteroatoms. The Morgan fingerprint density at radius 1 is 0.706 bits per heavy atom. The van der Waals surface area contributed by atoms with Crippen LogP contribution in [0.15, 0.2) is 30.3 Å². The first-order valence-corrected chi connectivity index (χ1v) is 6.02. The van der Waals surface area contributed by atoms with Crippen molar-refractivity contribution >= 4 is 23.1 Å². The summed E-state index contributed by atoms with van der Waals surface area (Å²) in [4.78, 5) is 0. The van der Waals surface area contributed by atoms with E-state index in [1.165, 1.54) is 44.9 Å². The van der Waals surface area contributed by atoms with Crippen molar-refractivity contribution in [3.63, 3.8) is 0 Å². The van der Waals surface area contributed by atoms with Crippen LogP contribution >= 0.6 is 0 Å². The molecular weight excluding hydrogens is 352 g/mol. The van der Waals surface area contributed by atoms with Crippen LogP contribution in [0.3, 0.4) is 0 Å². The van der Waals surface area contributed by atoms with Crippen LogP contribution in [0.5, 0.6) is 0 Å². The van der Waals surface area contributed by atoms with E-state index in [0.29, 0.717) is 0 Å². The summed E-state index contributed by atoms with van der Waals surface area (Å²) in [5.74, 6) is 0.844. The van der Waals surface area contributed by atoms with Crippen LogP contribution in [0.4, 0.5) is 0 Å². The minimum Gasteiger partial charge on any atom is -1.00 e. The molecule has 1 aromatic carbocycles. The van der Waals surface area contributed by atoms with Crippen molar-refractivity contribution in [2.45, 2.75) is 50.9 Å². The van der Waals surface area contributed by atoms with Gasteiger partial charge < -0.3 is 34.0 Å². The first-order valence-electron chi connectivity index (χ1n) is 6.02. The molecule has 1 aromatic rings.